The second kappa shape index (κ2) is 8.22. The molecule has 38 heavy (non-hydrogen) atoms. The molecule has 0 unspecified atom stereocenters. The Hall–Kier alpha value is -5.08. The lowest BCUT2D eigenvalue weighted by atomic mass is 10.0. The van der Waals surface area contributed by atoms with Crippen molar-refractivity contribution >= 4 is 33.6 Å². The third-order valence-electron chi connectivity index (χ3n) is 7.65. The summed E-state index contributed by atoms with van der Waals surface area (Å²) in [6.45, 7) is 0. The van der Waals surface area contributed by atoms with E-state index in [-0.39, 0.29) is 0 Å². The molecule has 0 bridgehead atoms. The Labute approximate surface area is 221 Å². The molecule has 8 rings (SSSR count). The van der Waals surface area contributed by atoms with Crippen LogP contribution in [0.15, 0.2) is 143 Å². The standard InChI is InChI=1S/C36H22N2/c1-5-15-29-23(11-1)24-12-2-6-16-30(24)35(29)37-33-21-9-20-28-27(33)19-10-22-34(28)38-36-31-17-7-3-13-25(31)26-14-4-8-18-32(26)36/h1-22H. The van der Waals surface area contributed by atoms with Gasteiger partial charge in [0.05, 0.1) is 22.8 Å². The van der Waals surface area contributed by atoms with E-state index in [1.807, 2.05) is 0 Å². The van der Waals surface area contributed by atoms with Gasteiger partial charge in [-0.25, -0.2) is 9.98 Å². The van der Waals surface area contributed by atoms with Gasteiger partial charge in [0.15, 0.2) is 0 Å². The predicted octanol–water partition coefficient (Wildman–Crippen LogP) is 9.14. The Balaban J connectivity index is 1.32. The van der Waals surface area contributed by atoms with Gasteiger partial charge in [0.1, 0.15) is 0 Å². The zero-order valence-electron chi connectivity index (χ0n) is 20.6. The summed E-state index contributed by atoms with van der Waals surface area (Å²) in [7, 11) is 0. The second-order valence-electron chi connectivity index (χ2n) is 9.75. The highest BCUT2D eigenvalue weighted by molar-refractivity contribution is 6.27. The molecule has 6 aromatic carbocycles. The average molecular weight is 483 g/mol. The Morgan fingerprint density at radius 1 is 0.263 bits per heavy atom. The molecule has 2 aliphatic rings. The molecule has 0 saturated heterocycles. The molecule has 0 N–H and O–H groups in total. The average Bonchev–Trinajstić information content (AvgIpc) is 3.47. The predicted molar refractivity (Wildman–Crippen MR) is 158 cm³/mol. The van der Waals surface area contributed by atoms with Gasteiger partial charge in [-0.3, -0.25) is 0 Å². The maximum absolute atomic E-state index is 5.28. The molecular formula is C36H22N2. The van der Waals surface area contributed by atoms with Crippen molar-refractivity contribution < 1.29 is 0 Å². The van der Waals surface area contributed by atoms with Gasteiger partial charge in [-0.15, -0.1) is 0 Å². The zero-order chi connectivity index (χ0) is 25.1. The summed E-state index contributed by atoms with van der Waals surface area (Å²) >= 11 is 0. The van der Waals surface area contributed by atoms with Crippen molar-refractivity contribution in [2.45, 2.75) is 0 Å². The van der Waals surface area contributed by atoms with E-state index in [0.717, 1.165) is 33.6 Å². The van der Waals surface area contributed by atoms with Crippen LogP contribution in [0.3, 0.4) is 0 Å². The van der Waals surface area contributed by atoms with Crippen molar-refractivity contribution in [1.29, 1.82) is 0 Å². The monoisotopic (exact) mass is 482 g/mol. The minimum Gasteiger partial charge on any atom is -0.247 e. The van der Waals surface area contributed by atoms with Crippen LogP contribution >= 0.6 is 0 Å². The number of rotatable bonds is 2. The summed E-state index contributed by atoms with van der Waals surface area (Å²) in [5, 5.41) is 2.20. The van der Waals surface area contributed by atoms with Crippen LogP contribution in [0.1, 0.15) is 22.3 Å². The fraction of sp³-hybridized carbons (Fsp3) is 0. The van der Waals surface area contributed by atoms with Gasteiger partial charge in [-0.05, 0) is 34.4 Å². The molecule has 2 aliphatic carbocycles. The summed E-state index contributed by atoms with van der Waals surface area (Å²) in [6.07, 6.45) is 0. The van der Waals surface area contributed by atoms with E-state index in [2.05, 4.69) is 133 Å². The van der Waals surface area contributed by atoms with E-state index in [1.165, 1.54) is 44.5 Å². The molecule has 6 aromatic rings. The van der Waals surface area contributed by atoms with Crippen LogP contribution in [-0.2, 0) is 0 Å². The summed E-state index contributed by atoms with van der Waals surface area (Å²) < 4.78 is 0. The Morgan fingerprint density at radius 3 is 0.868 bits per heavy atom. The normalized spacial score (nSPS) is 12.6. The zero-order valence-corrected chi connectivity index (χ0v) is 20.6. The Morgan fingerprint density at radius 2 is 0.553 bits per heavy atom. The van der Waals surface area contributed by atoms with Gasteiger partial charge in [0.2, 0.25) is 0 Å². The molecule has 2 nitrogen and oxygen atoms in total. The number of aliphatic imine (C=N–C) groups is 2. The van der Waals surface area contributed by atoms with Crippen molar-refractivity contribution in [2.24, 2.45) is 9.98 Å². The number of benzene rings is 6. The van der Waals surface area contributed by atoms with Crippen LogP contribution < -0.4 is 0 Å². The summed E-state index contributed by atoms with van der Waals surface area (Å²) in [5.41, 5.74) is 13.7. The van der Waals surface area contributed by atoms with Gasteiger partial charge in [0.25, 0.3) is 0 Å². The van der Waals surface area contributed by atoms with Gasteiger partial charge in [0, 0.05) is 33.0 Å². The molecule has 0 spiro atoms. The number of nitrogens with zero attached hydrogens (tertiary/aromatic N) is 2. The van der Waals surface area contributed by atoms with E-state index in [4.69, 9.17) is 9.98 Å². The number of hydrogen-bond donors (Lipinski definition) is 0. The van der Waals surface area contributed by atoms with Crippen molar-refractivity contribution in [2.75, 3.05) is 0 Å². The van der Waals surface area contributed by atoms with Crippen LogP contribution in [0.2, 0.25) is 0 Å². The van der Waals surface area contributed by atoms with E-state index in [1.54, 1.807) is 0 Å². The first-order chi connectivity index (χ1) is 18.9. The molecule has 0 radical (unpaired) electrons. The van der Waals surface area contributed by atoms with E-state index in [0.29, 0.717) is 0 Å². The topological polar surface area (TPSA) is 24.7 Å². The lowest BCUT2D eigenvalue weighted by Crippen LogP contribution is -1.98. The van der Waals surface area contributed by atoms with Crippen LogP contribution in [0.25, 0.3) is 33.0 Å². The second-order valence-corrected chi connectivity index (χ2v) is 9.75. The Kier molecular flexibility index (Phi) is 4.55. The van der Waals surface area contributed by atoms with Crippen LogP contribution in [-0.4, -0.2) is 11.4 Å². The van der Waals surface area contributed by atoms with Crippen molar-refractivity contribution in [1.82, 2.24) is 0 Å². The smallest absolute Gasteiger partial charge is 0.0794 e. The molecule has 0 saturated carbocycles. The van der Waals surface area contributed by atoms with Crippen molar-refractivity contribution in [3.8, 4) is 22.3 Å². The quantitative estimate of drug-likeness (QED) is 0.235. The summed E-state index contributed by atoms with van der Waals surface area (Å²) in [4.78, 5) is 10.6. The molecule has 0 aliphatic heterocycles. The first kappa shape index (κ1) is 21.0. The Bertz CT molecular complexity index is 1740. The lowest BCUT2D eigenvalue weighted by molar-refractivity contribution is 1.51. The molecule has 176 valence electrons. The fourth-order valence-electron chi connectivity index (χ4n) is 5.94. The largest absolute Gasteiger partial charge is 0.247 e. The molecule has 0 atom stereocenters. The highest BCUT2D eigenvalue weighted by Gasteiger charge is 2.25. The molecule has 2 heteroatoms. The fourth-order valence-corrected chi connectivity index (χ4v) is 5.94. The van der Waals surface area contributed by atoms with Gasteiger partial charge in [-0.1, -0.05) is 121 Å². The lowest BCUT2D eigenvalue weighted by Gasteiger charge is -2.09. The van der Waals surface area contributed by atoms with E-state index in [9.17, 15) is 0 Å². The highest BCUT2D eigenvalue weighted by atomic mass is 14.8. The molecule has 0 fully saturated rings. The maximum atomic E-state index is 5.28. The van der Waals surface area contributed by atoms with E-state index >= 15 is 0 Å². The minimum absolute atomic E-state index is 0.957. The molecular weight excluding hydrogens is 460 g/mol. The summed E-state index contributed by atoms with van der Waals surface area (Å²) in [6, 6.07) is 46.9. The van der Waals surface area contributed by atoms with Gasteiger partial charge in [-0.2, -0.15) is 0 Å². The summed E-state index contributed by atoms with van der Waals surface area (Å²) in [5.74, 6) is 0. The van der Waals surface area contributed by atoms with Crippen LogP contribution in [0, 0.1) is 0 Å². The van der Waals surface area contributed by atoms with Crippen molar-refractivity contribution in [3.05, 3.63) is 156 Å². The van der Waals surface area contributed by atoms with Crippen LogP contribution in [0.5, 0.6) is 0 Å². The first-order valence-corrected chi connectivity index (χ1v) is 12.9. The van der Waals surface area contributed by atoms with E-state index < -0.39 is 0 Å². The molecule has 0 heterocycles. The molecule has 0 aromatic heterocycles. The van der Waals surface area contributed by atoms with Gasteiger partial charge < -0.3 is 0 Å². The SMILES string of the molecule is c1ccc2c(c1)C(=Nc1cccc3c(N=C4c5ccccc5-c5ccccc54)cccc13)c1ccccc1-2. The van der Waals surface area contributed by atoms with Gasteiger partial charge >= 0.3 is 0 Å². The van der Waals surface area contributed by atoms with Crippen molar-refractivity contribution in [3.63, 3.8) is 0 Å². The molecule has 0 amide bonds. The highest BCUT2D eigenvalue weighted by Crippen LogP contribution is 2.41. The van der Waals surface area contributed by atoms with Crippen LogP contribution in [0.4, 0.5) is 11.4 Å². The first-order valence-electron chi connectivity index (χ1n) is 12.9. The number of hydrogen-bond acceptors (Lipinski definition) is 2. The maximum Gasteiger partial charge on any atom is 0.0794 e. The minimum atomic E-state index is 0.957. The third kappa shape index (κ3) is 3.07. The third-order valence-corrected chi connectivity index (χ3v) is 7.65. The number of fused-ring (bicyclic) bond motifs is 7.